The van der Waals surface area contributed by atoms with Crippen LogP contribution in [0.25, 0.3) is 0 Å². The highest BCUT2D eigenvalue weighted by Crippen LogP contribution is 2.40. The number of rotatable bonds is 3. The Morgan fingerprint density at radius 2 is 1.67 bits per heavy atom. The SMILES string of the molecule is CC(C)(C)C1CCC(C(=O)NC2CCCCC2CN)CC1. The van der Waals surface area contributed by atoms with Crippen LogP contribution in [0.5, 0.6) is 0 Å². The predicted molar refractivity (Wildman–Crippen MR) is 87.8 cm³/mol. The molecule has 2 atom stereocenters. The molecule has 0 radical (unpaired) electrons. The van der Waals surface area contributed by atoms with E-state index in [1.54, 1.807) is 0 Å². The van der Waals surface area contributed by atoms with E-state index in [0.29, 0.717) is 29.8 Å². The standard InChI is InChI=1S/C18H34N2O/c1-18(2,3)15-10-8-13(9-11-15)17(21)20-16-7-5-4-6-14(16)12-19/h13-16H,4-12,19H2,1-3H3,(H,20,21). The second kappa shape index (κ2) is 7.13. The van der Waals surface area contributed by atoms with Crippen LogP contribution < -0.4 is 11.1 Å². The van der Waals surface area contributed by atoms with Crippen molar-refractivity contribution in [1.82, 2.24) is 5.32 Å². The topological polar surface area (TPSA) is 55.1 Å². The molecule has 122 valence electrons. The largest absolute Gasteiger partial charge is 0.353 e. The summed E-state index contributed by atoms with van der Waals surface area (Å²) in [7, 11) is 0. The van der Waals surface area contributed by atoms with Gasteiger partial charge in [-0.15, -0.1) is 0 Å². The molecule has 0 spiro atoms. The molecule has 2 rings (SSSR count). The van der Waals surface area contributed by atoms with Crippen molar-refractivity contribution < 1.29 is 4.79 Å². The van der Waals surface area contributed by atoms with Gasteiger partial charge in [0.05, 0.1) is 0 Å². The number of nitrogens with two attached hydrogens (primary N) is 1. The zero-order chi connectivity index (χ0) is 15.5. The lowest BCUT2D eigenvalue weighted by molar-refractivity contribution is -0.127. The fourth-order valence-electron chi connectivity index (χ4n) is 4.20. The summed E-state index contributed by atoms with van der Waals surface area (Å²) in [6.45, 7) is 7.69. The minimum absolute atomic E-state index is 0.240. The first-order valence-corrected chi connectivity index (χ1v) is 8.92. The number of amides is 1. The number of carbonyl (C=O) groups excluding carboxylic acids is 1. The molecule has 3 heteroatoms. The van der Waals surface area contributed by atoms with Crippen molar-refractivity contribution in [1.29, 1.82) is 0 Å². The van der Waals surface area contributed by atoms with Gasteiger partial charge in [0.2, 0.25) is 5.91 Å². The van der Waals surface area contributed by atoms with Crippen LogP contribution in [0.2, 0.25) is 0 Å². The average molecular weight is 294 g/mol. The third-order valence-corrected chi connectivity index (χ3v) is 5.86. The van der Waals surface area contributed by atoms with E-state index in [9.17, 15) is 4.79 Å². The van der Waals surface area contributed by atoms with Crippen LogP contribution >= 0.6 is 0 Å². The third kappa shape index (κ3) is 4.45. The first-order valence-electron chi connectivity index (χ1n) is 8.92. The molecule has 21 heavy (non-hydrogen) atoms. The molecule has 2 unspecified atom stereocenters. The Kier molecular flexibility index (Phi) is 5.70. The van der Waals surface area contributed by atoms with Crippen LogP contribution in [-0.2, 0) is 4.79 Å². The summed E-state index contributed by atoms with van der Waals surface area (Å²) in [6.07, 6.45) is 9.33. The maximum absolute atomic E-state index is 12.5. The van der Waals surface area contributed by atoms with Gasteiger partial charge in [0, 0.05) is 12.0 Å². The Morgan fingerprint density at radius 3 is 2.24 bits per heavy atom. The van der Waals surface area contributed by atoms with Crippen molar-refractivity contribution in [2.45, 2.75) is 78.2 Å². The molecule has 1 amide bonds. The average Bonchev–Trinajstić information content (AvgIpc) is 2.47. The van der Waals surface area contributed by atoms with E-state index in [1.807, 2.05) is 0 Å². The van der Waals surface area contributed by atoms with Gasteiger partial charge in [0.15, 0.2) is 0 Å². The van der Waals surface area contributed by atoms with E-state index in [-0.39, 0.29) is 5.92 Å². The van der Waals surface area contributed by atoms with Gasteiger partial charge in [-0.3, -0.25) is 4.79 Å². The maximum atomic E-state index is 12.5. The van der Waals surface area contributed by atoms with Crippen molar-refractivity contribution in [3.8, 4) is 0 Å². The molecule has 3 N–H and O–H groups in total. The summed E-state index contributed by atoms with van der Waals surface area (Å²) in [6, 6.07) is 0.330. The Bertz CT molecular complexity index is 340. The summed E-state index contributed by atoms with van der Waals surface area (Å²) in [4.78, 5) is 12.5. The molecule has 2 aliphatic carbocycles. The van der Waals surface area contributed by atoms with Crippen LogP contribution in [0.15, 0.2) is 0 Å². The van der Waals surface area contributed by atoms with E-state index in [1.165, 1.54) is 32.1 Å². The van der Waals surface area contributed by atoms with Gasteiger partial charge in [-0.1, -0.05) is 33.6 Å². The van der Waals surface area contributed by atoms with E-state index < -0.39 is 0 Å². The summed E-state index contributed by atoms with van der Waals surface area (Å²) in [5.74, 6) is 1.80. The molecule has 2 fully saturated rings. The molecule has 0 saturated heterocycles. The lowest BCUT2D eigenvalue weighted by Gasteiger charge is -2.38. The van der Waals surface area contributed by atoms with Gasteiger partial charge in [-0.05, 0) is 62.3 Å². The van der Waals surface area contributed by atoms with Crippen LogP contribution in [0.4, 0.5) is 0 Å². The maximum Gasteiger partial charge on any atom is 0.223 e. The summed E-state index contributed by atoms with van der Waals surface area (Å²) in [5, 5.41) is 3.32. The predicted octanol–water partition coefficient (Wildman–Crippen LogP) is 3.47. The molecule has 0 bridgehead atoms. The summed E-state index contributed by atoms with van der Waals surface area (Å²) in [5.41, 5.74) is 6.25. The molecule has 0 heterocycles. The van der Waals surface area contributed by atoms with Gasteiger partial charge in [-0.2, -0.15) is 0 Å². The van der Waals surface area contributed by atoms with Gasteiger partial charge in [0.1, 0.15) is 0 Å². The van der Waals surface area contributed by atoms with Crippen LogP contribution in [0.1, 0.15) is 72.1 Å². The van der Waals surface area contributed by atoms with Gasteiger partial charge < -0.3 is 11.1 Å². The smallest absolute Gasteiger partial charge is 0.223 e. The molecule has 0 aromatic heterocycles. The highest BCUT2D eigenvalue weighted by Gasteiger charge is 2.34. The Hall–Kier alpha value is -0.570. The molecule has 0 aliphatic heterocycles. The fraction of sp³-hybridized carbons (Fsp3) is 0.944. The van der Waals surface area contributed by atoms with Crippen LogP contribution in [0, 0.1) is 23.2 Å². The number of hydrogen-bond donors (Lipinski definition) is 2. The molecular weight excluding hydrogens is 260 g/mol. The van der Waals surface area contributed by atoms with Gasteiger partial charge in [-0.25, -0.2) is 0 Å². The second-order valence-electron chi connectivity index (χ2n) is 8.31. The lowest BCUT2D eigenvalue weighted by atomic mass is 9.69. The summed E-state index contributed by atoms with van der Waals surface area (Å²) >= 11 is 0. The minimum Gasteiger partial charge on any atom is -0.353 e. The van der Waals surface area contributed by atoms with Crippen molar-refractivity contribution >= 4 is 5.91 Å². The van der Waals surface area contributed by atoms with E-state index in [4.69, 9.17) is 5.73 Å². The zero-order valence-electron chi connectivity index (χ0n) is 14.2. The molecule has 0 aromatic rings. The fourth-order valence-corrected chi connectivity index (χ4v) is 4.20. The third-order valence-electron chi connectivity index (χ3n) is 5.86. The number of hydrogen-bond acceptors (Lipinski definition) is 2. The summed E-state index contributed by atoms with van der Waals surface area (Å²) < 4.78 is 0. The Labute approximate surface area is 130 Å². The van der Waals surface area contributed by atoms with E-state index in [0.717, 1.165) is 25.2 Å². The molecule has 3 nitrogen and oxygen atoms in total. The molecule has 2 aliphatic rings. The highest BCUT2D eigenvalue weighted by atomic mass is 16.1. The minimum atomic E-state index is 0.240. The van der Waals surface area contributed by atoms with Crippen molar-refractivity contribution in [2.24, 2.45) is 28.9 Å². The van der Waals surface area contributed by atoms with Crippen molar-refractivity contribution in [3.63, 3.8) is 0 Å². The van der Waals surface area contributed by atoms with Crippen LogP contribution in [0.3, 0.4) is 0 Å². The van der Waals surface area contributed by atoms with E-state index in [2.05, 4.69) is 26.1 Å². The van der Waals surface area contributed by atoms with E-state index >= 15 is 0 Å². The highest BCUT2D eigenvalue weighted by molar-refractivity contribution is 5.79. The van der Waals surface area contributed by atoms with Crippen LogP contribution in [-0.4, -0.2) is 18.5 Å². The first kappa shape index (κ1) is 16.8. The normalized spacial score (nSPS) is 34.5. The zero-order valence-corrected chi connectivity index (χ0v) is 14.2. The lowest BCUT2D eigenvalue weighted by Crippen LogP contribution is -2.47. The molecular formula is C18H34N2O. The van der Waals surface area contributed by atoms with Crippen molar-refractivity contribution in [2.75, 3.05) is 6.54 Å². The Morgan fingerprint density at radius 1 is 1.05 bits per heavy atom. The van der Waals surface area contributed by atoms with Gasteiger partial charge in [0.25, 0.3) is 0 Å². The second-order valence-corrected chi connectivity index (χ2v) is 8.31. The monoisotopic (exact) mass is 294 g/mol. The molecule has 0 aromatic carbocycles. The number of carbonyl (C=O) groups is 1. The van der Waals surface area contributed by atoms with Crippen molar-refractivity contribution in [3.05, 3.63) is 0 Å². The Balaban J connectivity index is 1.82. The first-order chi connectivity index (χ1) is 9.91. The quantitative estimate of drug-likeness (QED) is 0.837. The van der Waals surface area contributed by atoms with Gasteiger partial charge >= 0.3 is 0 Å². The molecule has 2 saturated carbocycles. The number of nitrogens with one attached hydrogen (secondary N) is 1.